The van der Waals surface area contributed by atoms with Gasteiger partial charge in [0.1, 0.15) is 0 Å². The van der Waals surface area contributed by atoms with Crippen molar-refractivity contribution in [2.45, 2.75) is 38.1 Å². The van der Waals surface area contributed by atoms with E-state index in [0.717, 1.165) is 12.8 Å². The molecule has 0 unspecified atom stereocenters. The Morgan fingerprint density at radius 1 is 1.35 bits per heavy atom. The van der Waals surface area contributed by atoms with Gasteiger partial charge in [-0.2, -0.15) is 0 Å². The molecule has 2 rings (SSSR count). The van der Waals surface area contributed by atoms with Gasteiger partial charge in [-0.15, -0.1) is 6.58 Å². The molecule has 1 aromatic rings. The highest BCUT2D eigenvalue weighted by Gasteiger charge is 2.24. The smallest absolute Gasteiger partial charge is 0.318 e. The first-order valence-corrected chi connectivity index (χ1v) is 7.53. The largest absolute Gasteiger partial charge is 0.322 e. The van der Waals surface area contributed by atoms with E-state index < -0.39 is 0 Å². The number of para-hydroxylation sites is 1. The first-order chi connectivity index (χ1) is 9.72. The maximum atomic E-state index is 12.5. The Bertz CT molecular complexity index is 469. The highest BCUT2D eigenvalue weighted by molar-refractivity contribution is 6.33. The van der Waals surface area contributed by atoms with Crippen molar-refractivity contribution in [2.24, 2.45) is 0 Å². The number of urea groups is 1. The highest BCUT2D eigenvalue weighted by Crippen LogP contribution is 2.25. The van der Waals surface area contributed by atoms with E-state index in [9.17, 15) is 4.79 Å². The molecule has 2 amide bonds. The van der Waals surface area contributed by atoms with E-state index in [1.165, 1.54) is 19.3 Å². The topological polar surface area (TPSA) is 32.3 Å². The van der Waals surface area contributed by atoms with Crippen LogP contribution in [0.25, 0.3) is 0 Å². The van der Waals surface area contributed by atoms with Gasteiger partial charge < -0.3 is 10.2 Å². The number of carbonyl (C=O) groups excluding carboxylic acids is 1. The Hall–Kier alpha value is -1.48. The lowest BCUT2D eigenvalue weighted by molar-refractivity contribution is 0.176. The molecule has 0 heterocycles. The maximum absolute atomic E-state index is 12.5. The zero-order chi connectivity index (χ0) is 14.4. The number of nitrogens with zero attached hydrogens (tertiary/aromatic N) is 1. The average molecular weight is 293 g/mol. The minimum absolute atomic E-state index is 0.0927. The molecule has 1 aliphatic carbocycles. The third-order valence-corrected chi connectivity index (χ3v) is 4.05. The van der Waals surface area contributed by atoms with Crippen LogP contribution in [-0.4, -0.2) is 23.5 Å². The summed E-state index contributed by atoms with van der Waals surface area (Å²) >= 11 is 6.08. The van der Waals surface area contributed by atoms with Gasteiger partial charge in [-0.3, -0.25) is 0 Å². The van der Waals surface area contributed by atoms with Crippen LogP contribution in [0.1, 0.15) is 32.1 Å². The van der Waals surface area contributed by atoms with Crippen molar-refractivity contribution in [3.05, 3.63) is 41.9 Å². The number of carbonyl (C=O) groups is 1. The van der Waals surface area contributed by atoms with E-state index in [-0.39, 0.29) is 6.03 Å². The van der Waals surface area contributed by atoms with Gasteiger partial charge in [-0.05, 0) is 25.0 Å². The molecule has 0 bridgehead atoms. The molecule has 4 heteroatoms. The van der Waals surface area contributed by atoms with E-state index in [1.807, 2.05) is 23.1 Å². The number of anilines is 1. The highest BCUT2D eigenvalue weighted by atomic mass is 35.5. The predicted molar refractivity (Wildman–Crippen MR) is 84.2 cm³/mol. The summed E-state index contributed by atoms with van der Waals surface area (Å²) in [6, 6.07) is 7.51. The van der Waals surface area contributed by atoms with Gasteiger partial charge in [0.05, 0.1) is 10.7 Å². The van der Waals surface area contributed by atoms with Crippen LogP contribution < -0.4 is 5.32 Å². The lowest BCUT2D eigenvalue weighted by atomic mass is 9.94. The van der Waals surface area contributed by atoms with Gasteiger partial charge >= 0.3 is 6.03 Å². The molecule has 0 aromatic heterocycles. The molecule has 0 atom stereocenters. The number of hydrogen-bond acceptors (Lipinski definition) is 1. The number of benzene rings is 1. The molecule has 3 nitrogen and oxygen atoms in total. The molecule has 1 aromatic carbocycles. The second-order valence-corrected chi connectivity index (χ2v) is 5.55. The number of hydrogen-bond donors (Lipinski definition) is 1. The number of nitrogens with one attached hydrogen (secondary N) is 1. The minimum Gasteiger partial charge on any atom is -0.318 e. The summed E-state index contributed by atoms with van der Waals surface area (Å²) in [5.74, 6) is 0. The van der Waals surface area contributed by atoms with Crippen LogP contribution in [0.3, 0.4) is 0 Å². The van der Waals surface area contributed by atoms with Crippen molar-refractivity contribution in [1.82, 2.24) is 4.90 Å². The predicted octanol–water partition coefficient (Wildman–Crippen LogP) is 4.69. The fraction of sp³-hybridized carbons (Fsp3) is 0.438. The summed E-state index contributed by atoms with van der Waals surface area (Å²) in [5, 5.41) is 3.46. The molecule has 0 spiro atoms. The molecule has 1 fully saturated rings. The molecule has 0 aliphatic heterocycles. The van der Waals surface area contributed by atoms with Crippen LogP contribution in [0.15, 0.2) is 36.9 Å². The second kappa shape index (κ2) is 7.34. The third-order valence-electron chi connectivity index (χ3n) is 3.72. The van der Waals surface area contributed by atoms with Crippen molar-refractivity contribution in [3.8, 4) is 0 Å². The second-order valence-electron chi connectivity index (χ2n) is 5.14. The van der Waals surface area contributed by atoms with Crippen molar-refractivity contribution in [2.75, 3.05) is 11.9 Å². The fourth-order valence-corrected chi connectivity index (χ4v) is 2.86. The third kappa shape index (κ3) is 3.76. The van der Waals surface area contributed by atoms with Crippen molar-refractivity contribution in [1.29, 1.82) is 0 Å². The normalized spacial score (nSPS) is 15.7. The molecular weight excluding hydrogens is 272 g/mol. The molecule has 1 N–H and O–H groups in total. The Morgan fingerprint density at radius 3 is 2.70 bits per heavy atom. The summed E-state index contributed by atoms with van der Waals surface area (Å²) in [6.45, 7) is 4.32. The Kier molecular flexibility index (Phi) is 5.48. The number of halogens is 1. The van der Waals surface area contributed by atoms with Gasteiger partial charge in [-0.1, -0.05) is 49.1 Å². The fourth-order valence-electron chi connectivity index (χ4n) is 2.68. The van der Waals surface area contributed by atoms with Crippen LogP contribution in [-0.2, 0) is 0 Å². The van der Waals surface area contributed by atoms with E-state index in [0.29, 0.717) is 23.3 Å². The summed E-state index contributed by atoms with van der Waals surface area (Å²) in [4.78, 5) is 14.3. The van der Waals surface area contributed by atoms with Crippen LogP contribution >= 0.6 is 11.6 Å². The standard InChI is InChI=1S/C16H21ClN2O/c1-2-12-19(13-8-4-3-5-9-13)16(20)18-15-11-7-6-10-14(15)17/h2,6-7,10-11,13H,1,3-5,8-9,12H2,(H,18,20). The first-order valence-electron chi connectivity index (χ1n) is 7.15. The van der Waals surface area contributed by atoms with E-state index >= 15 is 0 Å². The molecule has 0 saturated heterocycles. The zero-order valence-corrected chi connectivity index (χ0v) is 12.4. The Balaban J connectivity index is 2.06. The van der Waals surface area contributed by atoms with Crippen LogP contribution in [0.5, 0.6) is 0 Å². The molecule has 108 valence electrons. The Morgan fingerprint density at radius 2 is 2.05 bits per heavy atom. The number of amides is 2. The van der Waals surface area contributed by atoms with Gasteiger partial charge in [0.25, 0.3) is 0 Å². The zero-order valence-electron chi connectivity index (χ0n) is 11.6. The van der Waals surface area contributed by atoms with Gasteiger partial charge in [0.15, 0.2) is 0 Å². The summed E-state index contributed by atoms with van der Waals surface area (Å²) in [7, 11) is 0. The monoisotopic (exact) mass is 292 g/mol. The average Bonchev–Trinajstić information content (AvgIpc) is 2.48. The molecule has 20 heavy (non-hydrogen) atoms. The van der Waals surface area contributed by atoms with Crippen LogP contribution in [0.2, 0.25) is 5.02 Å². The first kappa shape index (κ1) is 14.9. The van der Waals surface area contributed by atoms with E-state index in [1.54, 1.807) is 12.1 Å². The minimum atomic E-state index is -0.0927. The lowest BCUT2D eigenvalue weighted by Gasteiger charge is -2.33. The number of rotatable bonds is 4. The van der Waals surface area contributed by atoms with Crippen LogP contribution in [0, 0.1) is 0 Å². The quantitative estimate of drug-likeness (QED) is 0.802. The summed E-state index contributed by atoms with van der Waals surface area (Å²) < 4.78 is 0. The van der Waals surface area contributed by atoms with Crippen molar-refractivity contribution >= 4 is 23.3 Å². The Labute approximate surface area is 125 Å². The SMILES string of the molecule is C=CCN(C(=O)Nc1ccccc1Cl)C1CCCCC1. The molecule has 0 radical (unpaired) electrons. The van der Waals surface area contributed by atoms with E-state index in [4.69, 9.17) is 11.6 Å². The maximum Gasteiger partial charge on any atom is 0.322 e. The van der Waals surface area contributed by atoms with Crippen LogP contribution in [0.4, 0.5) is 10.5 Å². The van der Waals surface area contributed by atoms with E-state index in [2.05, 4.69) is 11.9 Å². The van der Waals surface area contributed by atoms with Crippen molar-refractivity contribution < 1.29 is 4.79 Å². The van der Waals surface area contributed by atoms with Gasteiger partial charge in [0.2, 0.25) is 0 Å². The summed E-state index contributed by atoms with van der Waals surface area (Å²) in [5.41, 5.74) is 0.657. The summed E-state index contributed by atoms with van der Waals surface area (Å²) in [6.07, 6.45) is 7.58. The lowest BCUT2D eigenvalue weighted by Crippen LogP contribution is -2.44. The van der Waals surface area contributed by atoms with Crippen molar-refractivity contribution in [3.63, 3.8) is 0 Å². The molecular formula is C16H21ClN2O. The molecule has 1 aliphatic rings. The van der Waals surface area contributed by atoms with Gasteiger partial charge in [-0.25, -0.2) is 4.79 Å². The van der Waals surface area contributed by atoms with Gasteiger partial charge in [0, 0.05) is 12.6 Å². The molecule has 1 saturated carbocycles.